The molecule has 3 N–H and O–H groups in total. The van der Waals surface area contributed by atoms with E-state index in [9.17, 15) is 5.11 Å². The third-order valence-electron chi connectivity index (χ3n) is 3.07. The number of benzene rings is 1. The molecule has 0 aliphatic heterocycles. The predicted octanol–water partition coefficient (Wildman–Crippen LogP) is 2.69. The molecule has 0 amide bonds. The lowest BCUT2D eigenvalue weighted by atomic mass is 9.72. The summed E-state index contributed by atoms with van der Waals surface area (Å²) in [6.07, 6.45) is 2.92. The topological polar surface area (TPSA) is 46.2 Å². The molecule has 0 atom stereocenters. The number of phenolic OH excluding ortho intramolecular Hbond substituents is 1. The Balaban J connectivity index is 2.56. The Hall–Kier alpha value is -0.730. The number of rotatable bonds is 1. The Morgan fingerprint density at radius 2 is 2.07 bits per heavy atom. The van der Waals surface area contributed by atoms with Gasteiger partial charge in [-0.15, -0.1) is 0 Å². The summed E-state index contributed by atoms with van der Waals surface area (Å²) in [5.74, 6) is 0.264. The molecule has 76 valence electrons. The van der Waals surface area contributed by atoms with E-state index in [0.717, 1.165) is 30.4 Å². The van der Waals surface area contributed by atoms with Gasteiger partial charge in [0.15, 0.2) is 0 Å². The molecule has 1 saturated carbocycles. The van der Waals surface area contributed by atoms with Crippen LogP contribution in [0.2, 0.25) is 5.02 Å². The first-order chi connectivity index (χ1) is 6.54. The monoisotopic (exact) mass is 211 g/mol. The van der Waals surface area contributed by atoms with E-state index in [-0.39, 0.29) is 5.75 Å². The highest BCUT2D eigenvalue weighted by molar-refractivity contribution is 6.31. The average molecular weight is 212 g/mol. The molecule has 0 unspecified atom stereocenters. The molecule has 1 aromatic carbocycles. The van der Waals surface area contributed by atoms with Crippen molar-refractivity contribution in [1.82, 2.24) is 0 Å². The van der Waals surface area contributed by atoms with Crippen LogP contribution in [0.5, 0.6) is 5.75 Å². The summed E-state index contributed by atoms with van der Waals surface area (Å²) >= 11 is 6.06. The first-order valence-electron chi connectivity index (χ1n) is 4.82. The molecule has 2 nitrogen and oxygen atoms in total. The highest BCUT2D eigenvalue weighted by atomic mass is 35.5. The van der Waals surface area contributed by atoms with Crippen molar-refractivity contribution in [2.24, 2.45) is 5.73 Å². The van der Waals surface area contributed by atoms with E-state index in [0.29, 0.717) is 5.02 Å². The Kier molecular flexibility index (Phi) is 2.20. The summed E-state index contributed by atoms with van der Waals surface area (Å²) in [5, 5.41) is 10.5. The quantitative estimate of drug-likeness (QED) is 0.750. The molecule has 2 rings (SSSR count). The van der Waals surface area contributed by atoms with Gasteiger partial charge >= 0.3 is 0 Å². The number of nitrogens with two attached hydrogens (primary N) is 1. The van der Waals surface area contributed by atoms with Crippen LogP contribution in [0.15, 0.2) is 12.1 Å². The van der Waals surface area contributed by atoms with Crippen LogP contribution in [0, 0.1) is 6.92 Å². The first-order valence-corrected chi connectivity index (χ1v) is 5.20. The second kappa shape index (κ2) is 3.14. The van der Waals surface area contributed by atoms with Crippen molar-refractivity contribution >= 4 is 11.6 Å². The maximum atomic E-state index is 9.91. The smallest absolute Gasteiger partial charge is 0.125 e. The highest BCUT2D eigenvalue weighted by Crippen LogP contribution is 2.46. The lowest BCUT2D eigenvalue weighted by Crippen LogP contribution is -2.43. The van der Waals surface area contributed by atoms with Crippen LogP contribution in [-0.2, 0) is 5.54 Å². The number of aryl methyl sites for hydroxylation is 1. The van der Waals surface area contributed by atoms with Crippen LogP contribution in [0.25, 0.3) is 0 Å². The number of halogens is 1. The second-order valence-electron chi connectivity index (χ2n) is 4.10. The summed E-state index contributed by atoms with van der Waals surface area (Å²) in [4.78, 5) is 0. The summed E-state index contributed by atoms with van der Waals surface area (Å²) in [6, 6.07) is 3.61. The molecule has 1 aliphatic carbocycles. The Morgan fingerprint density at radius 3 is 2.57 bits per heavy atom. The second-order valence-corrected chi connectivity index (χ2v) is 4.50. The molecular formula is C11H14ClNO. The normalized spacial score (nSPS) is 19.1. The van der Waals surface area contributed by atoms with Crippen molar-refractivity contribution in [2.75, 3.05) is 0 Å². The van der Waals surface area contributed by atoms with E-state index in [1.165, 1.54) is 0 Å². The molecule has 0 bridgehead atoms. The molecule has 1 aromatic rings. The van der Waals surface area contributed by atoms with Gasteiger partial charge in [0.05, 0.1) is 0 Å². The van der Waals surface area contributed by atoms with Crippen LogP contribution in [-0.4, -0.2) is 5.11 Å². The predicted molar refractivity (Wildman–Crippen MR) is 57.6 cm³/mol. The molecule has 0 spiro atoms. The van der Waals surface area contributed by atoms with Gasteiger partial charge in [-0.3, -0.25) is 0 Å². The zero-order valence-electron chi connectivity index (χ0n) is 8.18. The van der Waals surface area contributed by atoms with E-state index >= 15 is 0 Å². The van der Waals surface area contributed by atoms with Gasteiger partial charge in [0.1, 0.15) is 5.75 Å². The van der Waals surface area contributed by atoms with Gasteiger partial charge in [-0.25, -0.2) is 0 Å². The van der Waals surface area contributed by atoms with Crippen LogP contribution >= 0.6 is 11.6 Å². The summed E-state index contributed by atoms with van der Waals surface area (Å²) in [5.41, 5.74) is 7.32. The van der Waals surface area contributed by atoms with Crippen molar-refractivity contribution in [1.29, 1.82) is 0 Å². The minimum absolute atomic E-state index is 0.264. The van der Waals surface area contributed by atoms with Crippen molar-refractivity contribution < 1.29 is 5.11 Å². The number of phenols is 1. The first kappa shape index (κ1) is 9.81. The van der Waals surface area contributed by atoms with Crippen molar-refractivity contribution in [3.8, 4) is 5.75 Å². The molecule has 0 heterocycles. The third-order valence-corrected chi connectivity index (χ3v) is 3.39. The fourth-order valence-electron chi connectivity index (χ4n) is 1.95. The van der Waals surface area contributed by atoms with Gasteiger partial charge in [-0.2, -0.15) is 0 Å². The van der Waals surface area contributed by atoms with Crippen LogP contribution in [0.4, 0.5) is 0 Å². The lowest BCUT2D eigenvalue weighted by Gasteiger charge is -2.39. The number of aromatic hydroxyl groups is 1. The van der Waals surface area contributed by atoms with Crippen LogP contribution in [0.3, 0.4) is 0 Å². The van der Waals surface area contributed by atoms with E-state index in [2.05, 4.69) is 0 Å². The molecule has 3 heteroatoms. The molecule has 1 aliphatic rings. The van der Waals surface area contributed by atoms with Gasteiger partial charge in [0.2, 0.25) is 0 Å². The van der Waals surface area contributed by atoms with Crippen molar-refractivity contribution in [2.45, 2.75) is 31.7 Å². The van der Waals surface area contributed by atoms with Crippen LogP contribution < -0.4 is 5.73 Å². The summed E-state index contributed by atoms with van der Waals surface area (Å²) in [6.45, 7) is 1.86. The summed E-state index contributed by atoms with van der Waals surface area (Å²) < 4.78 is 0. The number of hydrogen-bond acceptors (Lipinski definition) is 2. The van der Waals surface area contributed by atoms with Crippen LogP contribution in [0.1, 0.15) is 30.4 Å². The molecule has 14 heavy (non-hydrogen) atoms. The molecule has 0 radical (unpaired) electrons. The van der Waals surface area contributed by atoms with E-state index in [1.54, 1.807) is 6.07 Å². The SMILES string of the molecule is Cc1ccc(Cl)c(C2(N)CCC2)c1O. The number of hydrogen-bond donors (Lipinski definition) is 2. The minimum atomic E-state index is -0.396. The molecular weight excluding hydrogens is 198 g/mol. The van der Waals surface area contributed by atoms with E-state index in [1.807, 2.05) is 13.0 Å². The zero-order valence-corrected chi connectivity index (χ0v) is 8.93. The molecule has 0 saturated heterocycles. The fraction of sp³-hybridized carbons (Fsp3) is 0.455. The largest absolute Gasteiger partial charge is 0.507 e. The average Bonchev–Trinajstić information content (AvgIpc) is 2.09. The highest BCUT2D eigenvalue weighted by Gasteiger charge is 2.38. The Bertz CT molecular complexity index is 372. The summed E-state index contributed by atoms with van der Waals surface area (Å²) in [7, 11) is 0. The molecule has 1 fully saturated rings. The molecule has 0 aromatic heterocycles. The van der Waals surface area contributed by atoms with Gasteiger partial charge in [0, 0.05) is 16.1 Å². The fourth-order valence-corrected chi connectivity index (χ4v) is 2.29. The Labute approximate surface area is 88.7 Å². The van der Waals surface area contributed by atoms with Gasteiger partial charge in [-0.1, -0.05) is 17.7 Å². The van der Waals surface area contributed by atoms with Gasteiger partial charge in [0.25, 0.3) is 0 Å². The zero-order chi connectivity index (χ0) is 10.3. The maximum absolute atomic E-state index is 9.91. The Morgan fingerprint density at radius 1 is 1.43 bits per heavy atom. The minimum Gasteiger partial charge on any atom is -0.507 e. The van der Waals surface area contributed by atoms with Gasteiger partial charge in [-0.05, 0) is 37.8 Å². The van der Waals surface area contributed by atoms with Gasteiger partial charge < -0.3 is 10.8 Å². The lowest BCUT2D eigenvalue weighted by molar-refractivity contribution is 0.245. The third kappa shape index (κ3) is 1.30. The van der Waals surface area contributed by atoms with Crippen molar-refractivity contribution in [3.05, 3.63) is 28.3 Å². The van der Waals surface area contributed by atoms with Crippen molar-refractivity contribution in [3.63, 3.8) is 0 Å². The maximum Gasteiger partial charge on any atom is 0.125 e. The standard InChI is InChI=1S/C11H14ClNO/c1-7-3-4-8(12)9(10(7)14)11(13)5-2-6-11/h3-4,14H,2,5-6,13H2,1H3. The van der Waals surface area contributed by atoms with E-state index < -0.39 is 5.54 Å². The van der Waals surface area contributed by atoms with E-state index in [4.69, 9.17) is 17.3 Å².